The fourth-order valence-corrected chi connectivity index (χ4v) is 1.95. The number of nitrogens with two attached hydrogens (primary N) is 1. The number of ether oxygens (including phenoxy) is 1. The third-order valence-electron chi connectivity index (χ3n) is 2.90. The third kappa shape index (κ3) is 2.11. The molecule has 2 heterocycles. The van der Waals surface area contributed by atoms with Crippen LogP contribution in [0.15, 0.2) is 36.5 Å². The van der Waals surface area contributed by atoms with Crippen molar-refractivity contribution in [2.24, 2.45) is 0 Å². The summed E-state index contributed by atoms with van der Waals surface area (Å²) >= 11 is 0. The van der Waals surface area contributed by atoms with Crippen molar-refractivity contribution in [2.45, 2.75) is 0 Å². The van der Waals surface area contributed by atoms with E-state index in [1.165, 1.54) is 13.2 Å². The highest BCUT2D eigenvalue weighted by Gasteiger charge is 2.08. The summed E-state index contributed by atoms with van der Waals surface area (Å²) in [7, 11) is 1.49. The first-order chi connectivity index (χ1) is 9.67. The van der Waals surface area contributed by atoms with Gasteiger partial charge in [0.05, 0.1) is 18.3 Å². The van der Waals surface area contributed by atoms with Gasteiger partial charge in [-0.3, -0.25) is 4.98 Å². The molecule has 3 rings (SSSR count). The lowest BCUT2D eigenvalue weighted by Crippen LogP contribution is -1.99. The number of aromatic nitrogens is 3. The quantitative estimate of drug-likeness (QED) is 0.774. The molecule has 0 bridgehead atoms. The van der Waals surface area contributed by atoms with Gasteiger partial charge in [0.1, 0.15) is 5.82 Å². The zero-order chi connectivity index (χ0) is 14.1. The van der Waals surface area contributed by atoms with Crippen LogP contribution in [0.2, 0.25) is 0 Å². The van der Waals surface area contributed by atoms with E-state index in [0.29, 0.717) is 28.0 Å². The molecule has 2 aromatic heterocycles. The Labute approximate surface area is 114 Å². The van der Waals surface area contributed by atoms with Gasteiger partial charge in [0, 0.05) is 23.2 Å². The summed E-state index contributed by atoms with van der Waals surface area (Å²) in [4.78, 5) is 12.2. The number of pyridine rings is 1. The average molecular weight is 270 g/mol. The summed E-state index contributed by atoms with van der Waals surface area (Å²) in [5.74, 6) is 0.111. The molecule has 0 amide bonds. The van der Waals surface area contributed by atoms with Crippen LogP contribution in [0.1, 0.15) is 0 Å². The van der Waals surface area contributed by atoms with Gasteiger partial charge >= 0.3 is 0 Å². The van der Waals surface area contributed by atoms with Gasteiger partial charge in [-0.25, -0.2) is 9.37 Å². The first-order valence-electron chi connectivity index (χ1n) is 5.90. The minimum Gasteiger partial charge on any atom is -0.481 e. The van der Waals surface area contributed by atoms with Gasteiger partial charge < -0.3 is 10.5 Å². The van der Waals surface area contributed by atoms with Crippen molar-refractivity contribution < 1.29 is 9.13 Å². The summed E-state index contributed by atoms with van der Waals surface area (Å²) in [5.41, 5.74) is 7.39. The highest BCUT2D eigenvalue weighted by Crippen LogP contribution is 2.25. The number of rotatable bonds is 2. The van der Waals surface area contributed by atoms with E-state index in [-0.39, 0.29) is 11.8 Å². The number of hydrogen-bond donors (Lipinski definition) is 1. The second-order valence-electron chi connectivity index (χ2n) is 4.18. The van der Waals surface area contributed by atoms with Crippen LogP contribution in [-0.2, 0) is 0 Å². The summed E-state index contributed by atoms with van der Waals surface area (Å²) in [6.07, 6.45) is 1.61. The van der Waals surface area contributed by atoms with Gasteiger partial charge in [0.2, 0.25) is 11.8 Å². The standard InChI is InChI=1S/C14H11FN4O/c1-20-13-6-12(18-14(16)19-13)8-5-9-10(15)3-2-4-11(9)17-7-8/h2-7H,1H3,(H2,16,18,19). The molecule has 0 unspecified atom stereocenters. The number of methoxy groups -OCH3 is 1. The molecule has 0 aliphatic carbocycles. The summed E-state index contributed by atoms with van der Waals surface area (Å²) in [6, 6.07) is 8.06. The molecule has 0 spiro atoms. The van der Waals surface area contributed by atoms with Gasteiger partial charge in [-0.1, -0.05) is 6.07 Å². The molecule has 0 saturated heterocycles. The fraction of sp³-hybridized carbons (Fsp3) is 0.0714. The van der Waals surface area contributed by atoms with E-state index in [1.807, 2.05) is 0 Å². The zero-order valence-corrected chi connectivity index (χ0v) is 10.7. The lowest BCUT2D eigenvalue weighted by atomic mass is 10.1. The SMILES string of the molecule is COc1cc(-c2cnc3cccc(F)c3c2)nc(N)n1. The van der Waals surface area contributed by atoms with Crippen LogP contribution < -0.4 is 10.5 Å². The normalized spacial score (nSPS) is 10.7. The minimum absolute atomic E-state index is 0.0907. The Morgan fingerprint density at radius 3 is 2.85 bits per heavy atom. The fourth-order valence-electron chi connectivity index (χ4n) is 1.95. The van der Waals surface area contributed by atoms with Crippen molar-refractivity contribution in [1.29, 1.82) is 0 Å². The van der Waals surface area contributed by atoms with E-state index in [1.54, 1.807) is 30.5 Å². The lowest BCUT2D eigenvalue weighted by molar-refractivity contribution is 0.398. The van der Waals surface area contributed by atoms with Gasteiger partial charge in [-0.2, -0.15) is 4.98 Å². The number of benzene rings is 1. The number of anilines is 1. The Kier molecular flexibility index (Phi) is 2.90. The smallest absolute Gasteiger partial charge is 0.223 e. The first kappa shape index (κ1) is 12.3. The molecule has 0 aliphatic rings. The summed E-state index contributed by atoms with van der Waals surface area (Å²) in [5, 5.41) is 0.432. The predicted octanol–water partition coefficient (Wildman–Crippen LogP) is 2.42. The van der Waals surface area contributed by atoms with Gasteiger partial charge in [-0.15, -0.1) is 0 Å². The molecule has 1 aromatic carbocycles. The number of fused-ring (bicyclic) bond motifs is 1. The van der Waals surface area contributed by atoms with E-state index < -0.39 is 0 Å². The van der Waals surface area contributed by atoms with Crippen LogP contribution >= 0.6 is 0 Å². The lowest BCUT2D eigenvalue weighted by Gasteiger charge is -2.06. The molecule has 0 fully saturated rings. The molecule has 6 heteroatoms. The number of halogens is 1. The van der Waals surface area contributed by atoms with Crippen molar-refractivity contribution in [3.8, 4) is 17.1 Å². The Morgan fingerprint density at radius 1 is 1.20 bits per heavy atom. The van der Waals surface area contributed by atoms with Crippen LogP contribution in [0.3, 0.4) is 0 Å². The number of nitrogens with zero attached hydrogens (tertiary/aromatic N) is 3. The molecule has 0 radical (unpaired) electrons. The monoisotopic (exact) mass is 270 g/mol. The van der Waals surface area contributed by atoms with Crippen molar-refractivity contribution in [1.82, 2.24) is 15.0 Å². The third-order valence-corrected chi connectivity index (χ3v) is 2.90. The Bertz CT molecular complexity index is 791. The van der Waals surface area contributed by atoms with Gasteiger partial charge in [0.15, 0.2) is 0 Å². The Balaban J connectivity index is 2.19. The first-order valence-corrected chi connectivity index (χ1v) is 5.90. The van der Waals surface area contributed by atoms with Gasteiger partial charge in [-0.05, 0) is 18.2 Å². The predicted molar refractivity (Wildman–Crippen MR) is 73.7 cm³/mol. The van der Waals surface area contributed by atoms with Gasteiger partial charge in [0.25, 0.3) is 0 Å². The Morgan fingerprint density at radius 2 is 2.05 bits per heavy atom. The van der Waals surface area contributed by atoms with Crippen LogP contribution in [0.25, 0.3) is 22.2 Å². The molecule has 100 valence electrons. The van der Waals surface area contributed by atoms with Crippen molar-refractivity contribution in [3.05, 3.63) is 42.3 Å². The largest absolute Gasteiger partial charge is 0.481 e. The van der Waals surface area contributed by atoms with E-state index in [2.05, 4.69) is 15.0 Å². The highest BCUT2D eigenvalue weighted by molar-refractivity contribution is 5.83. The molecule has 20 heavy (non-hydrogen) atoms. The number of nitrogen functional groups attached to an aromatic ring is 1. The van der Waals surface area contributed by atoms with Crippen LogP contribution in [0, 0.1) is 5.82 Å². The molecule has 2 N–H and O–H groups in total. The molecule has 0 aliphatic heterocycles. The van der Waals surface area contributed by atoms with E-state index >= 15 is 0 Å². The molecule has 0 saturated carbocycles. The van der Waals surface area contributed by atoms with E-state index in [9.17, 15) is 4.39 Å². The number of hydrogen-bond acceptors (Lipinski definition) is 5. The summed E-state index contributed by atoms with van der Waals surface area (Å²) < 4.78 is 18.8. The summed E-state index contributed by atoms with van der Waals surface area (Å²) in [6.45, 7) is 0. The molecular formula is C14H11FN4O. The topological polar surface area (TPSA) is 73.9 Å². The van der Waals surface area contributed by atoms with Crippen LogP contribution in [0.5, 0.6) is 5.88 Å². The second kappa shape index (κ2) is 4.73. The van der Waals surface area contributed by atoms with Crippen molar-refractivity contribution in [2.75, 3.05) is 12.8 Å². The molecule has 3 aromatic rings. The maximum absolute atomic E-state index is 13.8. The maximum Gasteiger partial charge on any atom is 0.223 e. The van der Waals surface area contributed by atoms with E-state index in [0.717, 1.165) is 0 Å². The Hall–Kier alpha value is -2.76. The van der Waals surface area contributed by atoms with Crippen LogP contribution in [-0.4, -0.2) is 22.1 Å². The second-order valence-corrected chi connectivity index (χ2v) is 4.18. The van der Waals surface area contributed by atoms with Crippen molar-refractivity contribution in [3.63, 3.8) is 0 Å². The van der Waals surface area contributed by atoms with E-state index in [4.69, 9.17) is 10.5 Å². The zero-order valence-electron chi connectivity index (χ0n) is 10.7. The molecule has 5 nitrogen and oxygen atoms in total. The van der Waals surface area contributed by atoms with Crippen molar-refractivity contribution >= 4 is 16.9 Å². The maximum atomic E-state index is 13.8. The molecular weight excluding hydrogens is 259 g/mol. The average Bonchev–Trinajstić information content (AvgIpc) is 2.46. The molecule has 0 atom stereocenters. The minimum atomic E-state index is -0.328. The van der Waals surface area contributed by atoms with Crippen LogP contribution in [0.4, 0.5) is 10.3 Å². The highest BCUT2D eigenvalue weighted by atomic mass is 19.1.